The minimum Gasteiger partial charge on any atom is -0.484 e. The fourth-order valence-corrected chi connectivity index (χ4v) is 7.45. The second-order valence-electron chi connectivity index (χ2n) is 19.0. The number of fused-ring (bicyclic) bond motifs is 1. The van der Waals surface area contributed by atoms with Gasteiger partial charge in [0.15, 0.2) is 12.4 Å². The Morgan fingerprint density at radius 1 is 0.789 bits per heavy atom. The SMILES string of the molecule is CC(C)(C)CC[C@H](NC(=O)c1ccc(Oc2cccc(OCC(=O)NCCOCCOCCOCCOCCOCCNc3ncc(-c4ccc5c(n4)N(Cc4cccnc4C#N)C(C)(C)C5=O)cn3)c2)nc1)C(=O)O. The van der Waals surface area contributed by atoms with Crippen molar-refractivity contribution >= 4 is 35.3 Å². The van der Waals surface area contributed by atoms with Gasteiger partial charge >= 0.3 is 5.97 Å². The highest BCUT2D eigenvalue weighted by atomic mass is 16.6. The van der Waals surface area contributed by atoms with Gasteiger partial charge in [-0.05, 0) is 68.5 Å². The van der Waals surface area contributed by atoms with Crippen LogP contribution in [0.1, 0.15) is 79.4 Å². The Bertz CT molecular complexity index is 2730. The number of rotatable bonds is 32. The third-order valence-corrected chi connectivity index (χ3v) is 11.6. The zero-order valence-corrected chi connectivity index (χ0v) is 43.5. The molecule has 5 heterocycles. The Morgan fingerprint density at radius 2 is 1.45 bits per heavy atom. The second-order valence-corrected chi connectivity index (χ2v) is 19.0. The molecule has 76 heavy (non-hydrogen) atoms. The number of carbonyl (C=O) groups is 4. The third kappa shape index (κ3) is 18.0. The summed E-state index contributed by atoms with van der Waals surface area (Å²) in [5.41, 5.74) is 2.10. The fourth-order valence-electron chi connectivity index (χ4n) is 7.45. The van der Waals surface area contributed by atoms with Crippen LogP contribution in [0.3, 0.4) is 0 Å². The van der Waals surface area contributed by atoms with E-state index in [9.17, 15) is 29.5 Å². The number of pyridine rings is 3. The van der Waals surface area contributed by atoms with E-state index in [0.717, 1.165) is 0 Å². The highest BCUT2D eigenvalue weighted by molar-refractivity contribution is 6.13. The number of Topliss-reactive ketones (excluding diaryl/α,β-unsaturated/α-hetero) is 1. The summed E-state index contributed by atoms with van der Waals surface area (Å²) in [5, 5.41) is 27.5. The van der Waals surface area contributed by atoms with Gasteiger partial charge in [-0.1, -0.05) is 32.9 Å². The normalized spacial score (nSPS) is 13.1. The number of benzene rings is 1. The Kier molecular flexibility index (Phi) is 21.9. The second kappa shape index (κ2) is 28.8. The van der Waals surface area contributed by atoms with Gasteiger partial charge in [0.1, 0.15) is 35.1 Å². The third-order valence-electron chi connectivity index (χ3n) is 11.6. The number of anilines is 2. The van der Waals surface area contributed by atoms with Gasteiger partial charge < -0.3 is 59.1 Å². The number of nitrogens with zero attached hydrogens (tertiary/aromatic N) is 7. The van der Waals surface area contributed by atoms with Crippen LogP contribution in [-0.2, 0) is 39.8 Å². The molecule has 1 aromatic carbocycles. The first-order valence-electron chi connectivity index (χ1n) is 24.9. The topological polar surface area (TPSA) is 281 Å². The molecule has 0 radical (unpaired) electrons. The summed E-state index contributed by atoms with van der Waals surface area (Å²) in [7, 11) is 0. The van der Waals surface area contributed by atoms with Crippen molar-refractivity contribution in [3.8, 4) is 34.7 Å². The number of aliphatic carboxylic acids is 1. The number of hydrogen-bond donors (Lipinski definition) is 4. The lowest BCUT2D eigenvalue weighted by Crippen LogP contribution is -2.44. The zero-order valence-electron chi connectivity index (χ0n) is 43.5. The maximum absolute atomic E-state index is 13.3. The highest BCUT2D eigenvalue weighted by Crippen LogP contribution is 2.40. The van der Waals surface area contributed by atoms with Gasteiger partial charge in [0.05, 0.1) is 88.4 Å². The summed E-state index contributed by atoms with van der Waals surface area (Å²) in [6, 6.07) is 17.9. The van der Waals surface area contributed by atoms with E-state index in [1.54, 1.807) is 61.1 Å². The van der Waals surface area contributed by atoms with E-state index >= 15 is 0 Å². The van der Waals surface area contributed by atoms with Crippen LogP contribution in [0.4, 0.5) is 11.8 Å². The molecule has 22 nitrogen and oxygen atoms in total. The standard InChI is InChI=1S/C54H66N10O12/c1-53(2,3)16-15-44(51(68)69)63-50(67)37-11-14-47(59-32-37)76-41-10-6-9-40(30-41)75-36-46(65)57-18-20-70-22-24-72-26-28-74-29-27-73-25-23-71-21-19-58-52-60-33-39(34-61-52)43-13-12-42-48(66)54(4,5)64(49(42)62-43)35-38-8-7-17-56-45(38)31-55/h6-14,17,30,32-34,44H,15-16,18-29,35-36H2,1-5H3,(H,57,65)(H,63,67)(H,68,69)(H,58,60,61)/t44-/m0/s1. The number of carboxylic acid groups (broad SMARTS) is 1. The summed E-state index contributed by atoms with van der Waals surface area (Å²) in [5.74, 6) is -0.0501. The molecule has 4 aromatic heterocycles. The molecule has 5 aromatic rings. The molecule has 22 heteroatoms. The molecule has 0 bridgehead atoms. The minimum absolute atomic E-state index is 0.0455. The average molecular weight is 1050 g/mol. The molecule has 0 aliphatic carbocycles. The van der Waals surface area contributed by atoms with E-state index in [4.69, 9.17) is 38.1 Å². The van der Waals surface area contributed by atoms with Crippen LogP contribution in [-0.4, -0.2) is 151 Å². The average Bonchev–Trinajstić information content (AvgIpc) is 3.59. The number of amides is 2. The smallest absolute Gasteiger partial charge is 0.326 e. The largest absolute Gasteiger partial charge is 0.484 e. The predicted octanol–water partition coefficient (Wildman–Crippen LogP) is 5.67. The molecular formula is C54H66N10O12. The highest BCUT2D eigenvalue weighted by Gasteiger charge is 2.45. The number of nitriles is 1. The van der Waals surface area contributed by atoms with Gasteiger partial charge in [0.25, 0.3) is 11.8 Å². The van der Waals surface area contributed by atoms with Crippen molar-refractivity contribution in [3.05, 3.63) is 108 Å². The van der Waals surface area contributed by atoms with Crippen LogP contribution in [0, 0.1) is 16.7 Å². The molecule has 0 saturated heterocycles. The number of nitrogens with one attached hydrogen (secondary N) is 3. The molecule has 4 N–H and O–H groups in total. The molecule has 0 unspecified atom stereocenters. The van der Waals surface area contributed by atoms with Crippen LogP contribution in [0.25, 0.3) is 11.3 Å². The van der Waals surface area contributed by atoms with Crippen LogP contribution in [0.5, 0.6) is 17.4 Å². The minimum atomic E-state index is -1.10. The number of ketones is 1. The molecule has 0 saturated carbocycles. The summed E-state index contributed by atoms with van der Waals surface area (Å²) >= 11 is 0. The van der Waals surface area contributed by atoms with Crippen LogP contribution in [0.2, 0.25) is 0 Å². The van der Waals surface area contributed by atoms with Crippen molar-refractivity contribution in [1.29, 1.82) is 5.26 Å². The Labute approximate surface area is 441 Å². The van der Waals surface area contributed by atoms with Gasteiger partial charge in [-0.15, -0.1) is 0 Å². The fraction of sp³-hybridized carbons (Fsp3) is 0.444. The van der Waals surface area contributed by atoms with E-state index in [2.05, 4.69) is 42.0 Å². The molecule has 1 atom stereocenters. The lowest BCUT2D eigenvalue weighted by Gasteiger charge is -2.32. The monoisotopic (exact) mass is 1050 g/mol. The maximum atomic E-state index is 13.3. The van der Waals surface area contributed by atoms with E-state index in [0.29, 0.717) is 143 Å². The molecule has 0 fully saturated rings. The molecule has 1 aliphatic rings. The van der Waals surface area contributed by atoms with E-state index in [1.807, 2.05) is 45.6 Å². The molecule has 2 amide bonds. The maximum Gasteiger partial charge on any atom is 0.326 e. The molecule has 1 aliphatic heterocycles. The van der Waals surface area contributed by atoms with Gasteiger partial charge in [0, 0.05) is 67.7 Å². The van der Waals surface area contributed by atoms with E-state index in [-0.39, 0.29) is 41.7 Å². The lowest BCUT2D eigenvalue weighted by atomic mass is 9.88. The quantitative estimate of drug-likeness (QED) is 0.0377. The van der Waals surface area contributed by atoms with Crippen molar-refractivity contribution in [2.75, 3.05) is 96.0 Å². The lowest BCUT2D eigenvalue weighted by molar-refractivity contribution is -0.139. The summed E-state index contributed by atoms with van der Waals surface area (Å²) in [6.45, 7) is 14.5. The number of hydrogen-bond acceptors (Lipinski definition) is 19. The van der Waals surface area contributed by atoms with Gasteiger partial charge in [0.2, 0.25) is 11.8 Å². The summed E-state index contributed by atoms with van der Waals surface area (Å²) < 4.78 is 39.2. The Morgan fingerprint density at radius 3 is 2.08 bits per heavy atom. The predicted molar refractivity (Wildman–Crippen MR) is 278 cm³/mol. The summed E-state index contributed by atoms with van der Waals surface area (Å²) in [6.07, 6.45) is 7.15. The number of carboxylic acids is 1. The first-order valence-corrected chi connectivity index (χ1v) is 24.9. The van der Waals surface area contributed by atoms with Crippen LogP contribution in [0.15, 0.2) is 85.5 Å². The van der Waals surface area contributed by atoms with Crippen LogP contribution < -0.4 is 30.3 Å². The number of carbonyl (C=O) groups excluding carboxylic acids is 3. The number of aromatic nitrogens is 5. The van der Waals surface area contributed by atoms with Gasteiger partial charge in [-0.3, -0.25) is 14.4 Å². The van der Waals surface area contributed by atoms with E-state index in [1.165, 1.54) is 18.3 Å². The van der Waals surface area contributed by atoms with Gasteiger partial charge in [-0.25, -0.2) is 29.7 Å². The zero-order chi connectivity index (χ0) is 54.3. The molecular weight excluding hydrogens is 981 g/mol. The van der Waals surface area contributed by atoms with E-state index < -0.39 is 23.5 Å². The van der Waals surface area contributed by atoms with Crippen molar-refractivity contribution in [3.63, 3.8) is 0 Å². The first-order chi connectivity index (χ1) is 36.6. The van der Waals surface area contributed by atoms with Gasteiger partial charge in [-0.2, -0.15) is 5.26 Å². The van der Waals surface area contributed by atoms with Crippen molar-refractivity contribution in [2.24, 2.45) is 5.41 Å². The first kappa shape index (κ1) is 57.6. The molecule has 404 valence electrons. The molecule has 0 spiro atoms. The van der Waals surface area contributed by atoms with Crippen molar-refractivity contribution in [1.82, 2.24) is 35.6 Å². The molecule has 6 rings (SSSR count). The number of ether oxygens (including phenoxy) is 7. The Balaban J connectivity index is 0.728. The van der Waals surface area contributed by atoms with Crippen molar-refractivity contribution in [2.45, 2.75) is 65.6 Å². The summed E-state index contributed by atoms with van der Waals surface area (Å²) in [4.78, 5) is 74.0. The Hall–Kier alpha value is -7.68. The van der Waals surface area contributed by atoms with Crippen LogP contribution >= 0.6 is 0 Å². The van der Waals surface area contributed by atoms with Crippen molar-refractivity contribution < 1.29 is 57.4 Å².